The molecule has 0 aromatic rings. The number of piperidine rings is 1. The summed E-state index contributed by atoms with van der Waals surface area (Å²) in [5.41, 5.74) is 6.39. The summed E-state index contributed by atoms with van der Waals surface area (Å²) in [5, 5.41) is 3.40. The third-order valence-corrected chi connectivity index (χ3v) is 3.24. The predicted octanol–water partition coefficient (Wildman–Crippen LogP) is 0.163. The van der Waals surface area contributed by atoms with Crippen LogP contribution in [0.4, 0.5) is 0 Å². The van der Waals surface area contributed by atoms with Crippen LogP contribution in [-0.4, -0.2) is 43.2 Å². The molecule has 2 heterocycles. The highest BCUT2D eigenvalue weighted by molar-refractivity contribution is 4.93. The standard InChI is InChI=1S/C10H21N3/c11-10(4-3-5-12-8-10)9-13-6-1-2-7-13/h12H,1-9,11H2. The topological polar surface area (TPSA) is 41.3 Å². The van der Waals surface area contributed by atoms with Crippen molar-refractivity contribution < 1.29 is 0 Å². The Kier molecular flexibility index (Phi) is 2.86. The smallest absolute Gasteiger partial charge is 0.0410 e. The van der Waals surface area contributed by atoms with Crippen molar-refractivity contribution in [1.29, 1.82) is 0 Å². The van der Waals surface area contributed by atoms with Gasteiger partial charge in [0.2, 0.25) is 0 Å². The summed E-state index contributed by atoms with van der Waals surface area (Å²) < 4.78 is 0. The Balaban J connectivity index is 1.83. The molecule has 0 radical (unpaired) electrons. The summed E-state index contributed by atoms with van der Waals surface area (Å²) >= 11 is 0. The molecule has 2 rings (SSSR count). The molecule has 0 spiro atoms. The summed E-state index contributed by atoms with van der Waals surface area (Å²) in [4.78, 5) is 2.52. The number of nitrogens with two attached hydrogens (primary N) is 1. The van der Waals surface area contributed by atoms with Gasteiger partial charge in [-0.2, -0.15) is 0 Å². The third-order valence-electron chi connectivity index (χ3n) is 3.24. The Morgan fingerprint density at radius 2 is 2.00 bits per heavy atom. The van der Waals surface area contributed by atoms with Gasteiger partial charge in [0.1, 0.15) is 0 Å². The summed E-state index contributed by atoms with van der Waals surface area (Å²) in [6.45, 7) is 5.78. The molecular formula is C10H21N3. The SMILES string of the molecule is NC1(CN2CCCC2)CCCNC1. The van der Waals surface area contributed by atoms with E-state index in [1.165, 1.54) is 38.8 Å². The molecule has 0 aromatic carbocycles. The van der Waals surface area contributed by atoms with Crippen LogP contribution in [0.3, 0.4) is 0 Å². The molecule has 13 heavy (non-hydrogen) atoms. The Hall–Kier alpha value is -0.120. The van der Waals surface area contributed by atoms with E-state index in [4.69, 9.17) is 5.73 Å². The van der Waals surface area contributed by atoms with Gasteiger partial charge < -0.3 is 16.0 Å². The molecule has 0 amide bonds. The molecule has 2 aliphatic heterocycles. The fourth-order valence-corrected chi connectivity index (χ4v) is 2.51. The molecule has 0 bridgehead atoms. The molecule has 2 fully saturated rings. The third kappa shape index (κ3) is 2.42. The maximum atomic E-state index is 6.33. The Morgan fingerprint density at radius 1 is 1.23 bits per heavy atom. The van der Waals surface area contributed by atoms with E-state index < -0.39 is 0 Å². The zero-order valence-electron chi connectivity index (χ0n) is 8.39. The lowest BCUT2D eigenvalue weighted by molar-refractivity contribution is 0.209. The van der Waals surface area contributed by atoms with Crippen LogP contribution in [0.2, 0.25) is 0 Å². The summed E-state index contributed by atoms with van der Waals surface area (Å²) in [7, 11) is 0. The molecule has 2 saturated heterocycles. The van der Waals surface area contributed by atoms with Crippen molar-refractivity contribution in [2.45, 2.75) is 31.2 Å². The number of nitrogens with one attached hydrogen (secondary N) is 1. The van der Waals surface area contributed by atoms with Crippen molar-refractivity contribution >= 4 is 0 Å². The van der Waals surface area contributed by atoms with Crippen LogP contribution in [-0.2, 0) is 0 Å². The van der Waals surface area contributed by atoms with E-state index in [2.05, 4.69) is 10.2 Å². The lowest BCUT2D eigenvalue weighted by atomic mass is 9.91. The number of rotatable bonds is 2. The minimum absolute atomic E-state index is 0.0581. The van der Waals surface area contributed by atoms with Crippen LogP contribution >= 0.6 is 0 Å². The van der Waals surface area contributed by atoms with E-state index in [0.717, 1.165) is 19.6 Å². The number of nitrogens with zero attached hydrogens (tertiary/aromatic N) is 1. The van der Waals surface area contributed by atoms with E-state index in [1.807, 2.05) is 0 Å². The molecule has 3 N–H and O–H groups in total. The zero-order chi connectivity index (χ0) is 9.15. The number of hydrogen-bond acceptors (Lipinski definition) is 3. The van der Waals surface area contributed by atoms with Gasteiger partial charge in [-0.15, -0.1) is 0 Å². The minimum Gasteiger partial charge on any atom is -0.323 e. The Bertz CT molecular complexity index is 158. The van der Waals surface area contributed by atoms with Crippen molar-refractivity contribution in [3.63, 3.8) is 0 Å². The van der Waals surface area contributed by atoms with E-state index in [0.29, 0.717) is 0 Å². The van der Waals surface area contributed by atoms with Gasteiger partial charge in [-0.1, -0.05) is 0 Å². The van der Waals surface area contributed by atoms with Crippen LogP contribution in [0.1, 0.15) is 25.7 Å². The fourth-order valence-electron chi connectivity index (χ4n) is 2.51. The van der Waals surface area contributed by atoms with Crippen LogP contribution < -0.4 is 11.1 Å². The number of hydrogen-bond donors (Lipinski definition) is 2. The molecule has 76 valence electrons. The van der Waals surface area contributed by atoms with Crippen LogP contribution in [0.5, 0.6) is 0 Å². The molecule has 3 heteroatoms. The van der Waals surface area contributed by atoms with E-state index in [1.54, 1.807) is 0 Å². The monoisotopic (exact) mass is 183 g/mol. The molecule has 2 aliphatic rings. The second-order valence-electron chi connectivity index (χ2n) is 4.63. The maximum absolute atomic E-state index is 6.33. The second-order valence-corrected chi connectivity index (χ2v) is 4.63. The van der Waals surface area contributed by atoms with Gasteiger partial charge in [0.05, 0.1) is 0 Å². The summed E-state index contributed by atoms with van der Waals surface area (Å²) in [6.07, 6.45) is 5.16. The summed E-state index contributed by atoms with van der Waals surface area (Å²) in [6, 6.07) is 0. The lowest BCUT2D eigenvalue weighted by Crippen LogP contribution is -2.58. The van der Waals surface area contributed by atoms with Gasteiger partial charge in [0, 0.05) is 18.6 Å². The van der Waals surface area contributed by atoms with E-state index in [9.17, 15) is 0 Å². The lowest BCUT2D eigenvalue weighted by Gasteiger charge is -2.37. The Labute approximate surface area is 80.7 Å². The first-order chi connectivity index (χ1) is 6.29. The van der Waals surface area contributed by atoms with Crippen molar-refractivity contribution in [2.24, 2.45) is 5.73 Å². The highest BCUT2D eigenvalue weighted by Gasteiger charge is 2.30. The van der Waals surface area contributed by atoms with Gasteiger partial charge in [-0.05, 0) is 45.3 Å². The van der Waals surface area contributed by atoms with Gasteiger partial charge in [0.15, 0.2) is 0 Å². The van der Waals surface area contributed by atoms with E-state index >= 15 is 0 Å². The van der Waals surface area contributed by atoms with Gasteiger partial charge in [0.25, 0.3) is 0 Å². The Morgan fingerprint density at radius 3 is 2.62 bits per heavy atom. The zero-order valence-corrected chi connectivity index (χ0v) is 8.39. The first-order valence-electron chi connectivity index (χ1n) is 5.51. The maximum Gasteiger partial charge on any atom is 0.0410 e. The second kappa shape index (κ2) is 3.95. The van der Waals surface area contributed by atoms with E-state index in [-0.39, 0.29) is 5.54 Å². The van der Waals surface area contributed by atoms with Gasteiger partial charge in [-0.3, -0.25) is 0 Å². The summed E-state index contributed by atoms with van der Waals surface area (Å²) in [5.74, 6) is 0. The molecule has 1 atom stereocenters. The highest BCUT2D eigenvalue weighted by Crippen LogP contribution is 2.17. The predicted molar refractivity (Wildman–Crippen MR) is 54.7 cm³/mol. The van der Waals surface area contributed by atoms with Crippen molar-refractivity contribution in [1.82, 2.24) is 10.2 Å². The first-order valence-corrected chi connectivity index (χ1v) is 5.51. The van der Waals surface area contributed by atoms with Gasteiger partial charge in [-0.25, -0.2) is 0 Å². The van der Waals surface area contributed by atoms with Crippen molar-refractivity contribution in [2.75, 3.05) is 32.7 Å². The van der Waals surface area contributed by atoms with Crippen molar-refractivity contribution in [3.8, 4) is 0 Å². The highest BCUT2D eigenvalue weighted by atomic mass is 15.2. The minimum atomic E-state index is 0.0581. The molecule has 0 saturated carbocycles. The molecule has 0 aliphatic carbocycles. The van der Waals surface area contributed by atoms with Crippen molar-refractivity contribution in [3.05, 3.63) is 0 Å². The fraction of sp³-hybridized carbons (Fsp3) is 1.00. The molecule has 3 nitrogen and oxygen atoms in total. The van der Waals surface area contributed by atoms with Crippen LogP contribution in [0.25, 0.3) is 0 Å². The quantitative estimate of drug-likeness (QED) is 0.641. The average Bonchev–Trinajstić information content (AvgIpc) is 2.57. The molecule has 0 aromatic heterocycles. The van der Waals surface area contributed by atoms with Crippen LogP contribution in [0, 0.1) is 0 Å². The normalized spacial score (nSPS) is 36.7. The average molecular weight is 183 g/mol. The molecular weight excluding hydrogens is 162 g/mol. The number of likely N-dealkylation sites (tertiary alicyclic amines) is 1. The largest absolute Gasteiger partial charge is 0.323 e. The van der Waals surface area contributed by atoms with Crippen LogP contribution in [0.15, 0.2) is 0 Å². The van der Waals surface area contributed by atoms with Gasteiger partial charge >= 0.3 is 0 Å². The molecule has 1 unspecified atom stereocenters. The first kappa shape index (κ1) is 9.44.